The molecule has 0 bridgehead atoms. The van der Waals surface area contributed by atoms with Crippen molar-refractivity contribution in [1.29, 1.82) is 0 Å². The van der Waals surface area contributed by atoms with Gasteiger partial charge in [0.25, 0.3) is 0 Å². The third-order valence-electron chi connectivity index (χ3n) is 13.3. The van der Waals surface area contributed by atoms with Gasteiger partial charge in [-0.2, -0.15) is 0 Å². The van der Waals surface area contributed by atoms with Crippen LogP contribution in [0.5, 0.6) is 0 Å². The van der Waals surface area contributed by atoms with E-state index >= 15 is 0 Å². The molecule has 0 amide bonds. The van der Waals surface area contributed by atoms with Gasteiger partial charge in [-0.1, -0.05) is 0 Å². The van der Waals surface area contributed by atoms with Gasteiger partial charge in [0.1, 0.15) is 0 Å². The summed E-state index contributed by atoms with van der Waals surface area (Å²) in [5, 5.41) is 6.53. The zero-order chi connectivity index (χ0) is 44.4. The average Bonchev–Trinajstić information content (AvgIpc) is 4.20. The molecule has 0 spiro atoms. The first kappa shape index (κ1) is 54.5. The first-order valence-electron chi connectivity index (χ1n) is 24.9. The maximum atomic E-state index is 2.50. The van der Waals surface area contributed by atoms with Gasteiger partial charge in [0, 0.05) is 0 Å². The van der Waals surface area contributed by atoms with Crippen molar-refractivity contribution in [3.63, 3.8) is 0 Å². The van der Waals surface area contributed by atoms with Crippen molar-refractivity contribution in [2.75, 3.05) is 0 Å². The quantitative estimate of drug-likeness (QED) is 0.0774. The van der Waals surface area contributed by atoms with Crippen molar-refractivity contribution in [3.05, 3.63) is 206 Å². The van der Waals surface area contributed by atoms with Crippen LogP contribution in [-0.4, -0.2) is 11.0 Å². The predicted molar refractivity (Wildman–Crippen MR) is 292 cm³/mol. The monoisotopic (exact) mass is 1280 g/mol. The van der Waals surface area contributed by atoms with Crippen LogP contribution in [0.2, 0.25) is 0 Å². The molecule has 0 aromatic heterocycles. The maximum Gasteiger partial charge on any atom is -0.147 e. The molecule has 0 nitrogen and oxygen atoms in total. The Hall–Kier alpha value is -2.45. The summed E-state index contributed by atoms with van der Waals surface area (Å²) in [5.41, 5.74) is 5.28. The molecule has 0 radical (unpaired) electrons. The van der Waals surface area contributed by atoms with E-state index in [0.29, 0.717) is 0 Å². The number of rotatable bonds is 20. The van der Waals surface area contributed by atoms with E-state index in [1.165, 1.54) is 103 Å². The second kappa shape index (κ2) is 29.6. The Balaban J connectivity index is 0.000000240. The first-order valence-corrected chi connectivity index (χ1v) is 45.9. The number of hydrogen-bond acceptors (Lipinski definition) is 0. The van der Waals surface area contributed by atoms with Gasteiger partial charge in [-0.25, -0.2) is 0 Å². The van der Waals surface area contributed by atoms with Gasteiger partial charge in [0.15, 0.2) is 0 Å². The minimum atomic E-state index is -2.39. The van der Waals surface area contributed by atoms with Gasteiger partial charge < -0.3 is 0 Å². The Labute approximate surface area is 428 Å². The summed E-state index contributed by atoms with van der Waals surface area (Å²) in [6.07, 6.45) is 40.3. The molecule has 0 heterocycles. The van der Waals surface area contributed by atoms with E-state index < -0.39 is 51.1 Å². The predicted octanol–water partition coefficient (Wildman–Crippen LogP) is 15.3. The van der Waals surface area contributed by atoms with Crippen LogP contribution in [0.3, 0.4) is 0 Å². The van der Waals surface area contributed by atoms with E-state index in [0.717, 1.165) is 0 Å². The Morgan fingerprint density at radius 1 is 0.333 bits per heavy atom. The summed E-state index contributed by atoms with van der Waals surface area (Å²) < 4.78 is 7.71. The van der Waals surface area contributed by atoms with Crippen molar-refractivity contribution in [2.45, 2.75) is 130 Å². The van der Waals surface area contributed by atoms with Crippen LogP contribution in [0.15, 0.2) is 206 Å². The van der Waals surface area contributed by atoms with Crippen LogP contribution in [0.4, 0.5) is 0 Å². The summed E-state index contributed by atoms with van der Waals surface area (Å²) in [6.45, 7) is 9.31. The molecule has 4 aromatic carbocycles. The Morgan fingerprint density at radius 2 is 0.545 bits per heavy atom. The standard InChI is InChI=1S/2C12H10Si.4C9H13.2ClH.2Hf/c2*1-3-7-11(8-4-1)13-12-9-5-2-6-10-12;4*1-2-3-6-9-7-4-5-8-9;;;;/h2*1-10H;4*4,7H,2-3,5-6H2,1H3;2*1H;;. The van der Waals surface area contributed by atoms with Crippen molar-refractivity contribution in [2.24, 2.45) is 0 Å². The molecule has 344 valence electrons. The fourth-order valence-corrected chi connectivity index (χ4v) is 71.2. The van der Waals surface area contributed by atoms with Crippen LogP contribution >= 0.6 is 24.8 Å². The number of unbranched alkanes of at least 4 members (excludes halogenated alkanes) is 4. The van der Waals surface area contributed by atoms with E-state index in [2.05, 4.69) is 198 Å². The number of allylic oxidation sites excluding steroid dienone is 16. The minimum absolute atomic E-state index is 0. The summed E-state index contributed by atoms with van der Waals surface area (Å²) in [4.78, 5) is 0. The normalized spacial score (nSPS) is 14.7. The molecule has 66 heavy (non-hydrogen) atoms. The van der Waals surface area contributed by atoms with Gasteiger partial charge in [0.2, 0.25) is 0 Å². The molecule has 0 unspecified atom stereocenters. The molecule has 0 saturated carbocycles. The van der Waals surface area contributed by atoms with E-state index in [-0.39, 0.29) is 24.8 Å². The second-order valence-electron chi connectivity index (χ2n) is 17.8. The van der Waals surface area contributed by atoms with Crippen molar-refractivity contribution in [3.8, 4) is 0 Å². The van der Waals surface area contributed by atoms with E-state index in [1.807, 2.05) is 13.3 Å². The molecule has 0 fully saturated rings. The fraction of sp³-hybridized carbons (Fsp3) is 0.333. The Bertz CT molecular complexity index is 2160. The molecule has 0 saturated heterocycles. The third kappa shape index (κ3) is 14.3. The smallest absolute Gasteiger partial charge is 0.147 e. The van der Waals surface area contributed by atoms with Crippen LogP contribution < -0.4 is 20.7 Å². The molecule has 8 rings (SSSR count). The maximum absolute atomic E-state index is 2.50. The average molecular weight is 1280 g/mol. The molecule has 0 atom stereocenters. The van der Waals surface area contributed by atoms with Crippen LogP contribution in [0, 0.1) is 0 Å². The summed E-state index contributed by atoms with van der Waals surface area (Å²) in [7, 11) is 0. The molecule has 0 aliphatic heterocycles. The molecule has 4 aliphatic carbocycles. The van der Waals surface area contributed by atoms with Crippen LogP contribution in [-0.2, 0) is 40.1 Å². The minimum Gasteiger partial charge on any atom is -0.147 e. The van der Waals surface area contributed by atoms with Gasteiger partial charge in [-0.05, 0) is 0 Å². The zero-order valence-electron chi connectivity index (χ0n) is 40.3. The number of benzene rings is 4. The van der Waals surface area contributed by atoms with E-state index in [9.17, 15) is 0 Å². The Morgan fingerprint density at radius 3 is 0.742 bits per heavy atom. The zero-order valence-corrected chi connectivity index (χ0v) is 51.1. The third-order valence-corrected chi connectivity index (χ3v) is 67.2. The van der Waals surface area contributed by atoms with Crippen LogP contribution in [0.1, 0.15) is 130 Å². The summed E-state index contributed by atoms with van der Waals surface area (Å²) >= 11 is -4.78. The van der Waals surface area contributed by atoms with Crippen molar-refractivity contribution < 1.29 is 40.1 Å². The molecular weight excluding hydrogens is 1200 g/mol. The van der Waals surface area contributed by atoms with Gasteiger partial charge in [-0.15, -0.1) is 24.8 Å². The molecular formula is C60H74Cl2Hf2Si2. The summed E-state index contributed by atoms with van der Waals surface area (Å²) in [5.74, 6) is 0. The molecule has 6 heteroatoms. The number of hydrogen-bond donors (Lipinski definition) is 0. The SMILES string of the molecule is CCCCC1=[C]([Hf]([C]2=C(CCCC)C=CC2)=[Si](c2ccccc2)c2ccccc2)CC=C1.CCCCC1=[C]([Hf]([C]2=C(CCCC)C=CC2)=[Si](c2ccccc2)c2ccccc2)CC=C1.Cl.Cl. The van der Waals surface area contributed by atoms with Crippen molar-refractivity contribution >= 4 is 56.6 Å². The second-order valence-corrected chi connectivity index (χ2v) is 54.7. The van der Waals surface area contributed by atoms with E-state index in [4.69, 9.17) is 0 Å². The molecule has 0 N–H and O–H groups in total. The topological polar surface area (TPSA) is 0 Å². The number of halogens is 2. The van der Waals surface area contributed by atoms with E-state index in [1.54, 1.807) is 43.0 Å². The van der Waals surface area contributed by atoms with Gasteiger partial charge in [0.05, 0.1) is 0 Å². The fourth-order valence-electron chi connectivity index (χ4n) is 9.96. The first-order chi connectivity index (χ1) is 31.7. The largest absolute Gasteiger partial charge is 0.147 e. The van der Waals surface area contributed by atoms with Crippen LogP contribution in [0.25, 0.3) is 0 Å². The molecule has 4 aromatic rings. The van der Waals surface area contributed by atoms with Gasteiger partial charge >= 0.3 is 408 Å². The van der Waals surface area contributed by atoms with Crippen molar-refractivity contribution in [1.82, 2.24) is 0 Å². The van der Waals surface area contributed by atoms with Gasteiger partial charge in [-0.3, -0.25) is 0 Å². The molecule has 4 aliphatic rings. The summed E-state index contributed by atoms with van der Waals surface area (Å²) in [6, 6.07) is 46.4. The Kier molecular flexibility index (Phi) is 24.4.